The molecule has 2 heterocycles. The average molecular weight is 452 g/mol. The van der Waals surface area contributed by atoms with Gasteiger partial charge in [0.15, 0.2) is 0 Å². The normalized spacial score (nSPS) is 16.8. The molecule has 1 fully saturated rings. The Kier molecular flexibility index (Phi) is 8.98. The highest BCUT2D eigenvalue weighted by Crippen LogP contribution is 2.25. The second-order valence-corrected chi connectivity index (χ2v) is 8.43. The number of hydrogen-bond acceptors (Lipinski definition) is 5. The van der Waals surface area contributed by atoms with Crippen LogP contribution >= 0.6 is 0 Å². The van der Waals surface area contributed by atoms with E-state index in [1.54, 1.807) is 24.3 Å². The van der Waals surface area contributed by atoms with Gasteiger partial charge in [-0.3, -0.25) is 29.4 Å². The molecule has 3 rings (SSSR count). The number of amides is 2. The largest absolute Gasteiger partial charge is 0.466 e. The van der Waals surface area contributed by atoms with E-state index in [4.69, 9.17) is 4.74 Å². The lowest BCUT2D eigenvalue weighted by Gasteiger charge is -2.40. The Bertz CT molecular complexity index is 920. The third-order valence-corrected chi connectivity index (χ3v) is 6.05. The summed E-state index contributed by atoms with van der Waals surface area (Å²) in [4.78, 5) is 42.7. The third kappa shape index (κ3) is 6.88. The van der Waals surface area contributed by atoms with E-state index in [9.17, 15) is 14.4 Å². The fraction of sp³-hybridized carbons (Fsp3) is 0.462. The molecule has 1 aliphatic rings. The monoisotopic (exact) mass is 451 g/mol. The van der Waals surface area contributed by atoms with Crippen LogP contribution in [0.3, 0.4) is 0 Å². The number of nitrogens with zero attached hydrogens (tertiary/aromatic N) is 3. The first kappa shape index (κ1) is 24.4. The van der Waals surface area contributed by atoms with E-state index in [2.05, 4.69) is 4.98 Å². The second kappa shape index (κ2) is 12.1. The zero-order valence-corrected chi connectivity index (χ0v) is 19.5. The van der Waals surface area contributed by atoms with Crippen LogP contribution in [0.2, 0.25) is 0 Å². The van der Waals surface area contributed by atoms with Gasteiger partial charge in [0.25, 0.3) is 0 Å². The van der Waals surface area contributed by atoms with E-state index in [0.29, 0.717) is 13.0 Å². The van der Waals surface area contributed by atoms with Crippen molar-refractivity contribution in [3.05, 3.63) is 66.0 Å². The van der Waals surface area contributed by atoms with Gasteiger partial charge in [-0.1, -0.05) is 30.3 Å². The molecule has 2 aromatic rings. The van der Waals surface area contributed by atoms with Crippen molar-refractivity contribution in [2.45, 2.75) is 46.0 Å². The number of hydrogen-bond donors (Lipinski definition) is 0. The molecular formula is C26H33N3O4. The lowest BCUT2D eigenvalue weighted by atomic mass is 9.91. The van der Waals surface area contributed by atoms with E-state index in [1.165, 1.54) is 11.9 Å². The predicted molar refractivity (Wildman–Crippen MR) is 125 cm³/mol. The van der Waals surface area contributed by atoms with Crippen molar-refractivity contribution in [2.75, 3.05) is 19.7 Å². The number of benzene rings is 1. The van der Waals surface area contributed by atoms with Crippen molar-refractivity contribution in [1.29, 1.82) is 0 Å². The molecule has 7 nitrogen and oxygen atoms in total. The van der Waals surface area contributed by atoms with Crippen molar-refractivity contribution in [3.8, 4) is 0 Å². The van der Waals surface area contributed by atoms with Crippen molar-refractivity contribution < 1.29 is 19.1 Å². The molecule has 7 heteroatoms. The van der Waals surface area contributed by atoms with Crippen LogP contribution in [-0.4, -0.2) is 52.5 Å². The highest BCUT2D eigenvalue weighted by atomic mass is 16.5. The Morgan fingerprint density at radius 3 is 2.55 bits per heavy atom. The average Bonchev–Trinajstić information content (AvgIpc) is 2.82. The topological polar surface area (TPSA) is 79.8 Å². The van der Waals surface area contributed by atoms with Crippen molar-refractivity contribution >= 4 is 17.8 Å². The maximum atomic E-state index is 13.3. The molecule has 0 spiro atoms. The van der Waals surface area contributed by atoms with Crippen molar-refractivity contribution in [2.24, 2.45) is 11.8 Å². The van der Waals surface area contributed by atoms with Crippen LogP contribution < -0.4 is 0 Å². The summed E-state index contributed by atoms with van der Waals surface area (Å²) in [6, 6.07) is 13.6. The zero-order chi connectivity index (χ0) is 23.6. The van der Waals surface area contributed by atoms with E-state index >= 15 is 0 Å². The summed E-state index contributed by atoms with van der Waals surface area (Å²) in [7, 11) is 0. The quantitative estimate of drug-likeness (QED) is 0.517. The Balaban J connectivity index is 1.72. The smallest absolute Gasteiger partial charge is 0.311 e. The van der Waals surface area contributed by atoms with Gasteiger partial charge in [-0.05, 0) is 62.3 Å². The number of carbonyl (C=O) groups excluding carboxylic acids is 3. The molecule has 0 bridgehead atoms. The van der Waals surface area contributed by atoms with Crippen LogP contribution in [0.5, 0.6) is 0 Å². The molecule has 1 saturated heterocycles. The number of esters is 1. The van der Waals surface area contributed by atoms with Crippen LogP contribution in [0, 0.1) is 11.8 Å². The van der Waals surface area contributed by atoms with E-state index in [1.807, 2.05) is 42.5 Å². The molecule has 1 aromatic carbocycles. The SMILES string of the molecule is CCOC(=O)[C@H](Cc1ccccc1)CN(C(C)=O)N1CCC[C@@H](CCc2ccncc2)C1=O. The van der Waals surface area contributed by atoms with E-state index in [0.717, 1.165) is 36.8 Å². The van der Waals surface area contributed by atoms with Crippen LogP contribution in [0.15, 0.2) is 54.9 Å². The first-order chi connectivity index (χ1) is 16.0. The number of rotatable bonds is 10. The predicted octanol–water partition coefficient (Wildman–Crippen LogP) is 3.44. The molecular weight excluding hydrogens is 418 g/mol. The molecule has 1 aliphatic heterocycles. The summed E-state index contributed by atoms with van der Waals surface area (Å²) in [5.41, 5.74) is 2.13. The van der Waals surface area contributed by atoms with Crippen LogP contribution in [-0.2, 0) is 32.0 Å². The molecule has 0 radical (unpaired) electrons. The van der Waals surface area contributed by atoms with Gasteiger partial charge in [0.2, 0.25) is 11.8 Å². The molecule has 2 amide bonds. The highest BCUT2D eigenvalue weighted by Gasteiger charge is 2.35. The first-order valence-corrected chi connectivity index (χ1v) is 11.7. The van der Waals surface area contributed by atoms with Gasteiger partial charge < -0.3 is 4.74 Å². The molecule has 2 atom stereocenters. The summed E-state index contributed by atoms with van der Waals surface area (Å²) in [6.07, 6.45) is 7.07. The van der Waals surface area contributed by atoms with Crippen LogP contribution in [0.25, 0.3) is 0 Å². The van der Waals surface area contributed by atoms with E-state index < -0.39 is 5.92 Å². The summed E-state index contributed by atoms with van der Waals surface area (Å²) in [5.74, 6) is -1.36. The van der Waals surface area contributed by atoms with Crippen LogP contribution in [0.1, 0.15) is 44.2 Å². The number of hydrazine groups is 1. The molecule has 0 N–H and O–H groups in total. The number of piperidine rings is 1. The van der Waals surface area contributed by atoms with Crippen LogP contribution in [0.4, 0.5) is 0 Å². The maximum Gasteiger partial charge on any atom is 0.311 e. The standard InChI is InChI=1S/C26H33N3O4/c1-3-33-26(32)24(18-22-8-5-4-6-9-22)19-29(20(2)30)28-17-7-10-23(25(28)31)12-11-21-13-15-27-16-14-21/h4-6,8-9,13-16,23-24H,3,7,10-12,17-19H2,1-2H3/t23-,24+/m0/s1. The van der Waals surface area contributed by atoms with Gasteiger partial charge in [0.05, 0.1) is 19.1 Å². The summed E-state index contributed by atoms with van der Waals surface area (Å²) < 4.78 is 5.29. The fourth-order valence-electron chi connectivity index (χ4n) is 4.32. The Hall–Kier alpha value is -3.22. The number of aromatic nitrogens is 1. The van der Waals surface area contributed by atoms with Gasteiger partial charge in [0, 0.05) is 31.8 Å². The van der Waals surface area contributed by atoms with Gasteiger partial charge in [-0.2, -0.15) is 0 Å². The Labute approximate surface area is 195 Å². The minimum Gasteiger partial charge on any atom is -0.466 e. The lowest BCUT2D eigenvalue weighted by Crippen LogP contribution is -2.55. The molecule has 176 valence electrons. The van der Waals surface area contributed by atoms with Gasteiger partial charge in [-0.15, -0.1) is 0 Å². The number of ether oxygens (including phenoxy) is 1. The Morgan fingerprint density at radius 1 is 1.15 bits per heavy atom. The minimum atomic E-state index is -0.554. The number of aryl methyl sites for hydroxylation is 1. The lowest BCUT2D eigenvalue weighted by molar-refractivity contribution is -0.173. The highest BCUT2D eigenvalue weighted by molar-refractivity contribution is 5.83. The second-order valence-electron chi connectivity index (χ2n) is 8.43. The Morgan fingerprint density at radius 2 is 1.88 bits per heavy atom. The van der Waals surface area contributed by atoms with Crippen molar-refractivity contribution in [1.82, 2.24) is 15.0 Å². The minimum absolute atomic E-state index is 0.0483. The maximum absolute atomic E-state index is 13.3. The molecule has 1 aromatic heterocycles. The summed E-state index contributed by atoms with van der Waals surface area (Å²) >= 11 is 0. The van der Waals surface area contributed by atoms with Gasteiger partial charge in [0.1, 0.15) is 0 Å². The molecule has 0 unspecified atom stereocenters. The molecule has 33 heavy (non-hydrogen) atoms. The number of pyridine rings is 1. The van der Waals surface area contributed by atoms with Gasteiger partial charge >= 0.3 is 5.97 Å². The third-order valence-electron chi connectivity index (χ3n) is 6.05. The van der Waals surface area contributed by atoms with Crippen molar-refractivity contribution in [3.63, 3.8) is 0 Å². The first-order valence-electron chi connectivity index (χ1n) is 11.7. The van der Waals surface area contributed by atoms with E-state index in [-0.39, 0.29) is 36.9 Å². The summed E-state index contributed by atoms with van der Waals surface area (Å²) in [5, 5.41) is 3.01. The zero-order valence-electron chi connectivity index (χ0n) is 19.5. The van der Waals surface area contributed by atoms with Gasteiger partial charge in [-0.25, -0.2) is 0 Å². The number of carbonyl (C=O) groups is 3. The fourth-order valence-corrected chi connectivity index (χ4v) is 4.32. The molecule has 0 saturated carbocycles. The summed E-state index contributed by atoms with van der Waals surface area (Å²) in [6.45, 7) is 4.07. The molecule has 0 aliphatic carbocycles.